The Morgan fingerprint density at radius 3 is 2.53 bits per heavy atom. The number of hydrazine groups is 1. The average molecular weight is 255 g/mol. The van der Waals surface area contributed by atoms with Crippen molar-refractivity contribution < 1.29 is 8.78 Å². The van der Waals surface area contributed by atoms with Gasteiger partial charge in [0.05, 0.1) is 11.6 Å². The van der Waals surface area contributed by atoms with Crippen molar-refractivity contribution in [1.82, 2.24) is 10.4 Å². The third kappa shape index (κ3) is 3.06. The number of nitrogens with zero attached hydrogens (tertiary/aromatic N) is 1. The van der Waals surface area contributed by atoms with Crippen molar-refractivity contribution in [3.8, 4) is 0 Å². The minimum Gasteiger partial charge on any atom is -0.271 e. The van der Waals surface area contributed by atoms with Gasteiger partial charge in [0.1, 0.15) is 11.6 Å². The van der Waals surface area contributed by atoms with Crippen LogP contribution in [-0.2, 0) is 6.42 Å². The second-order valence-electron chi connectivity index (χ2n) is 3.60. The molecule has 1 atom stereocenters. The van der Waals surface area contributed by atoms with Gasteiger partial charge >= 0.3 is 0 Å². The van der Waals surface area contributed by atoms with E-state index in [0.717, 1.165) is 10.9 Å². The summed E-state index contributed by atoms with van der Waals surface area (Å²) in [5, 5.41) is 0. The Bertz CT molecular complexity index is 467. The number of halogens is 2. The van der Waals surface area contributed by atoms with Crippen LogP contribution in [0.2, 0.25) is 0 Å². The van der Waals surface area contributed by atoms with Crippen LogP contribution in [0.5, 0.6) is 0 Å². The number of rotatable bonds is 4. The second-order valence-corrected chi connectivity index (χ2v) is 4.52. The minimum atomic E-state index is -0.583. The van der Waals surface area contributed by atoms with Crippen LogP contribution in [0.1, 0.15) is 16.5 Å². The van der Waals surface area contributed by atoms with E-state index >= 15 is 0 Å². The van der Waals surface area contributed by atoms with Gasteiger partial charge in [0.25, 0.3) is 0 Å². The van der Waals surface area contributed by atoms with E-state index in [0.29, 0.717) is 12.0 Å². The lowest BCUT2D eigenvalue weighted by molar-refractivity contribution is 0.546. The zero-order chi connectivity index (χ0) is 12.3. The van der Waals surface area contributed by atoms with E-state index < -0.39 is 11.6 Å². The predicted molar refractivity (Wildman–Crippen MR) is 62.2 cm³/mol. The molecule has 0 saturated heterocycles. The van der Waals surface area contributed by atoms with E-state index in [1.807, 2.05) is 0 Å². The number of aromatic nitrogens is 1. The van der Waals surface area contributed by atoms with Crippen molar-refractivity contribution in [2.75, 3.05) is 0 Å². The molecular formula is C11H11F2N3S. The predicted octanol–water partition coefficient (Wildman–Crippen LogP) is 2.17. The molecule has 1 heterocycles. The third-order valence-electron chi connectivity index (χ3n) is 2.36. The smallest absolute Gasteiger partial charge is 0.126 e. The molecular weight excluding hydrogens is 244 g/mol. The van der Waals surface area contributed by atoms with Crippen LogP contribution in [-0.4, -0.2) is 4.98 Å². The van der Waals surface area contributed by atoms with E-state index in [2.05, 4.69) is 10.4 Å². The van der Waals surface area contributed by atoms with Gasteiger partial charge in [0.15, 0.2) is 0 Å². The molecule has 0 saturated carbocycles. The van der Waals surface area contributed by atoms with E-state index in [1.54, 1.807) is 11.7 Å². The van der Waals surface area contributed by atoms with Crippen LogP contribution in [0, 0.1) is 11.6 Å². The number of nitrogens with one attached hydrogen (secondary N) is 1. The molecule has 0 fully saturated rings. The molecule has 0 bridgehead atoms. The van der Waals surface area contributed by atoms with Crippen LogP contribution in [0.4, 0.5) is 8.78 Å². The molecule has 2 rings (SSSR count). The van der Waals surface area contributed by atoms with Gasteiger partial charge in [-0.05, 0) is 24.1 Å². The highest BCUT2D eigenvalue weighted by molar-refractivity contribution is 7.09. The number of thiazole rings is 1. The van der Waals surface area contributed by atoms with Crippen molar-refractivity contribution >= 4 is 11.3 Å². The lowest BCUT2D eigenvalue weighted by Gasteiger charge is -2.13. The zero-order valence-corrected chi connectivity index (χ0v) is 9.68. The largest absolute Gasteiger partial charge is 0.271 e. The average Bonchev–Trinajstić information content (AvgIpc) is 2.77. The lowest BCUT2D eigenvalue weighted by Crippen LogP contribution is -2.29. The molecule has 0 aliphatic heterocycles. The molecule has 0 spiro atoms. The summed E-state index contributed by atoms with van der Waals surface area (Å²) < 4.78 is 26.0. The van der Waals surface area contributed by atoms with Gasteiger partial charge in [0, 0.05) is 17.1 Å². The Morgan fingerprint density at radius 2 is 2.00 bits per heavy atom. The van der Waals surface area contributed by atoms with Crippen molar-refractivity contribution in [2.24, 2.45) is 5.84 Å². The summed E-state index contributed by atoms with van der Waals surface area (Å²) in [6.07, 6.45) is 2.10. The van der Waals surface area contributed by atoms with Crippen LogP contribution >= 0.6 is 11.3 Å². The Balaban J connectivity index is 2.18. The molecule has 3 nitrogen and oxygen atoms in total. The van der Waals surface area contributed by atoms with Gasteiger partial charge in [-0.25, -0.2) is 8.78 Å². The maximum absolute atomic E-state index is 13.0. The van der Waals surface area contributed by atoms with Gasteiger partial charge in [-0.1, -0.05) is 0 Å². The molecule has 2 aromatic rings. The molecule has 1 unspecified atom stereocenters. The Labute approximate surface area is 101 Å². The monoisotopic (exact) mass is 255 g/mol. The highest BCUT2D eigenvalue weighted by Gasteiger charge is 2.13. The SMILES string of the molecule is NNC(Cc1cc(F)cc(F)c1)c1cncs1. The fourth-order valence-corrected chi connectivity index (χ4v) is 2.28. The fraction of sp³-hybridized carbons (Fsp3) is 0.182. The summed E-state index contributed by atoms with van der Waals surface area (Å²) in [4.78, 5) is 4.87. The van der Waals surface area contributed by atoms with Crippen LogP contribution in [0.15, 0.2) is 29.9 Å². The third-order valence-corrected chi connectivity index (χ3v) is 3.25. The summed E-state index contributed by atoms with van der Waals surface area (Å²) in [6, 6.07) is 3.26. The summed E-state index contributed by atoms with van der Waals surface area (Å²) in [7, 11) is 0. The molecule has 0 radical (unpaired) electrons. The highest BCUT2D eigenvalue weighted by Crippen LogP contribution is 2.21. The van der Waals surface area contributed by atoms with Crippen molar-refractivity contribution in [1.29, 1.82) is 0 Å². The van der Waals surface area contributed by atoms with Crippen LogP contribution in [0.3, 0.4) is 0 Å². The maximum atomic E-state index is 13.0. The summed E-state index contributed by atoms with van der Waals surface area (Å²) >= 11 is 1.44. The maximum Gasteiger partial charge on any atom is 0.126 e. The van der Waals surface area contributed by atoms with Crippen molar-refractivity contribution in [3.05, 3.63) is 52.0 Å². The number of nitrogens with two attached hydrogens (primary N) is 1. The topological polar surface area (TPSA) is 50.9 Å². The number of hydrogen-bond donors (Lipinski definition) is 2. The van der Waals surface area contributed by atoms with Gasteiger partial charge in [-0.3, -0.25) is 16.3 Å². The van der Waals surface area contributed by atoms with Crippen molar-refractivity contribution in [3.63, 3.8) is 0 Å². The number of benzene rings is 1. The lowest BCUT2D eigenvalue weighted by atomic mass is 10.1. The van der Waals surface area contributed by atoms with Crippen LogP contribution in [0.25, 0.3) is 0 Å². The molecule has 1 aromatic heterocycles. The first kappa shape index (κ1) is 12.1. The van der Waals surface area contributed by atoms with Gasteiger partial charge in [-0.2, -0.15) is 0 Å². The molecule has 0 amide bonds. The Kier molecular flexibility index (Phi) is 3.78. The number of hydrogen-bond acceptors (Lipinski definition) is 4. The van der Waals surface area contributed by atoms with Gasteiger partial charge in [-0.15, -0.1) is 11.3 Å². The van der Waals surface area contributed by atoms with Gasteiger partial charge < -0.3 is 0 Å². The molecule has 0 aliphatic carbocycles. The van der Waals surface area contributed by atoms with Crippen LogP contribution < -0.4 is 11.3 Å². The minimum absolute atomic E-state index is 0.191. The quantitative estimate of drug-likeness (QED) is 0.650. The first-order valence-electron chi connectivity index (χ1n) is 4.98. The zero-order valence-electron chi connectivity index (χ0n) is 8.86. The molecule has 90 valence electrons. The molecule has 0 aliphatic rings. The molecule has 6 heteroatoms. The first-order valence-corrected chi connectivity index (χ1v) is 5.86. The fourth-order valence-electron chi connectivity index (χ4n) is 1.60. The Morgan fingerprint density at radius 1 is 1.29 bits per heavy atom. The normalized spacial score (nSPS) is 12.6. The highest BCUT2D eigenvalue weighted by atomic mass is 32.1. The summed E-state index contributed by atoms with van der Waals surface area (Å²) in [5.74, 6) is 4.26. The molecule has 3 N–H and O–H groups in total. The molecule has 17 heavy (non-hydrogen) atoms. The van der Waals surface area contributed by atoms with E-state index in [1.165, 1.54) is 23.5 Å². The standard InChI is InChI=1S/C11H11F2N3S/c12-8-1-7(2-9(13)4-8)3-10(16-14)11-5-15-6-17-11/h1-2,4-6,10,16H,3,14H2. The first-order chi connectivity index (χ1) is 8.19. The van der Waals surface area contributed by atoms with E-state index in [9.17, 15) is 8.78 Å². The molecule has 1 aromatic carbocycles. The van der Waals surface area contributed by atoms with Crippen molar-refractivity contribution in [2.45, 2.75) is 12.5 Å². The van der Waals surface area contributed by atoms with E-state index in [-0.39, 0.29) is 6.04 Å². The van der Waals surface area contributed by atoms with E-state index in [4.69, 9.17) is 5.84 Å². The second kappa shape index (κ2) is 5.31. The summed E-state index contributed by atoms with van der Waals surface area (Å²) in [5.41, 5.74) is 4.86. The van der Waals surface area contributed by atoms with Gasteiger partial charge in [0.2, 0.25) is 0 Å². The Hall–Kier alpha value is -1.37. The summed E-state index contributed by atoms with van der Waals surface area (Å²) in [6.45, 7) is 0.